The van der Waals surface area contributed by atoms with Crippen LogP contribution in [-0.4, -0.2) is 20.0 Å². The smallest absolute Gasteiger partial charge is 0.175 e. The van der Waals surface area contributed by atoms with Gasteiger partial charge in [-0.25, -0.2) is 4.68 Å². The molecule has 0 fully saturated rings. The van der Waals surface area contributed by atoms with E-state index in [0.29, 0.717) is 5.82 Å². The molecule has 0 unspecified atom stereocenters. The van der Waals surface area contributed by atoms with E-state index in [4.69, 9.17) is 0 Å². The molecule has 0 radical (unpaired) electrons. The second-order valence-electron chi connectivity index (χ2n) is 2.16. The van der Waals surface area contributed by atoms with Gasteiger partial charge in [0.15, 0.2) is 5.82 Å². The van der Waals surface area contributed by atoms with Crippen LogP contribution in [-0.2, 0) is 0 Å². The maximum absolute atomic E-state index is 4.11. The Kier molecular flexibility index (Phi) is 1.87. The first-order chi connectivity index (χ1) is 5.86. The molecular weight excluding hydrogens is 220 g/mol. The SMILES string of the molecule is Brc1ccn(-c2cccnn2)n1. The maximum Gasteiger partial charge on any atom is 0.175 e. The average Bonchev–Trinajstić information content (AvgIpc) is 2.54. The van der Waals surface area contributed by atoms with Gasteiger partial charge in [-0.3, -0.25) is 0 Å². The number of hydrogen-bond acceptors (Lipinski definition) is 3. The lowest BCUT2D eigenvalue weighted by molar-refractivity contribution is 0.808. The minimum atomic E-state index is 0.711. The molecule has 0 amide bonds. The number of nitrogens with zero attached hydrogens (tertiary/aromatic N) is 4. The normalized spacial score (nSPS) is 10.1. The van der Waals surface area contributed by atoms with E-state index in [9.17, 15) is 0 Å². The highest BCUT2D eigenvalue weighted by Crippen LogP contribution is 2.07. The van der Waals surface area contributed by atoms with Crippen LogP contribution in [0.1, 0.15) is 0 Å². The minimum absolute atomic E-state index is 0.711. The number of rotatable bonds is 1. The molecular formula is C7H5BrN4. The third-order valence-corrected chi connectivity index (χ3v) is 1.77. The summed E-state index contributed by atoms with van der Waals surface area (Å²) in [6.45, 7) is 0. The lowest BCUT2D eigenvalue weighted by Gasteiger charge is -1.95. The van der Waals surface area contributed by atoms with Crippen LogP contribution in [0.4, 0.5) is 0 Å². The maximum atomic E-state index is 4.11. The van der Waals surface area contributed by atoms with Crippen LogP contribution >= 0.6 is 15.9 Å². The van der Waals surface area contributed by atoms with Gasteiger partial charge in [0.05, 0.1) is 0 Å². The van der Waals surface area contributed by atoms with Crippen molar-refractivity contribution in [2.24, 2.45) is 0 Å². The fraction of sp³-hybridized carbons (Fsp3) is 0. The Balaban J connectivity index is 2.45. The van der Waals surface area contributed by atoms with Gasteiger partial charge >= 0.3 is 0 Å². The van der Waals surface area contributed by atoms with E-state index in [2.05, 4.69) is 31.2 Å². The van der Waals surface area contributed by atoms with Crippen molar-refractivity contribution in [3.8, 4) is 5.82 Å². The molecule has 0 saturated carbocycles. The van der Waals surface area contributed by atoms with Crippen LogP contribution in [0.5, 0.6) is 0 Å². The van der Waals surface area contributed by atoms with Crippen molar-refractivity contribution in [2.75, 3.05) is 0 Å². The zero-order valence-electron chi connectivity index (χ0n) is 6.05. The fourth-order valence-corrected chi connectivity index (χ4v) is 1.13. The molecule has 2 aromatic heterocycles. The van der Waals surface area contributed by atoms with E-state index in [-0.39, 0.29) is 0 Å². The van der Waals surface area contributed by atoms with Gasteiger partial charge < -0.3 is 0 Å². The van der Waals surface area contributed by atoms with Crippen molar-refractivity contribution >= 4 is 15.9 Å². The lowest BCUT2D eigenvalue weighted by Crippen LogP contribution is -1.98. The number of hydrogen-bond donors (Lipinski definition) is 0. The van der Waals surface area contributed by atoms with Crippen molar-refractivity contribution in [1.82, 2.24) is 20.0 Å². The minimum Gasteiger partial charge on any atom is -0.220 e. The molecule has 5 heteroatoms. The van der Waals surface area contributed by atoms with Crippen LogP contribution in [0.2, 0.25) is 0 Å². The Morgan fingerprint density at radius 3 is 2.83 bits per heavy atom. The summed E-state index contributed by atoms with van der Waals surface area (Å²) in [6, 6.07) is 5.50. The van der Waals surface area contributed by atoms with Gasteiger partial charge in [0.1, 0.15) is 4.60 Å². The van der Waals surface area contributed by atoms with Crippen LogP contribution in [0.3, 0.4) is 0 Å². The molecule has 4 nitrogen and oxygen atoms in total. The van der Waals surface area contributed by atoms with Gasteiger partial charge in [-0.15, -0.1) is 5.10 Å². The van der Waals surface area contributed by atoms with E-state index in [1.165, 1.54) is 0 Å². The highest BCUT2D eigenvalue weighted by Gasteiger charge is 1.97. The third-order valence-electron chi connectivity index (χ3n) is 1.35. The summed E-state index contributed by atoms with van der Waals surface area (Å²) in [4.78, 5) is 0. The Hall–Kier alpha value is -1.23. The lowest BCUT2D eigenvalue weighted by atomic mass is 10.5. The predicted octanol–water partition coefficient (Wildman–Crippen LogP) is 1.42. The van der Waals surface area contributed by atoms with Gasteiger partial charge in [0, 0.05) is 12.4 Å². The summed E-state index contributed by atoms with van der Waals surface area (Å²) in [6.07, 6.45) is 3.44. The second-order valence-corrected chi connectivity index (χ2v) is 2.98. The molecule has 12 heavy (non-hydrogen) atoms. The van der Waals surface area contributed by atoms with Gasteiger partial charge in [-0.1, -0.05) is 0 Å². The Bertz CT molecular complexity index is 370. The molecule has 60 valence electrons. The monoisotopic (exact) mass is 224 g/mol. The van der Waals surface area contributed by atoms with E-state index >= 15 is 0 Å². The third kappa shape index (κ3) is 1.35. The molecule has 2 aromatic rings. The largest absolute Gasteiger partial charge is 0.220 e. The van der Waals surface area contributed by atoms with Crippen LogP contribution in [0, 0.1) is 0 Å². The molecule has 0 bridgehead atoms. The first-order valence-electron chi connectivity index (χ1n) is 3.35. The van der Waals surface area contributed by atoms with Crippen molar-refractivity contribution in [2.45, 2.75) is 0 Å². The quantitative estimate of drug-likeness (QED) is 0.737. The molecule has 2 heterocycles. The first-order valence-corrected chi connectivity index (χ1v) is 4.15. The van der Waals surface area contributed by atoms with Crippen LogP contribution in [0.25, 0.3) is 5.82 Å². The summed E-state index contributed by atoms with van der Waals surface area (Å²) in [5.74, 6) is 0.711. The Morgan fingerprint density at radius 2 is 2.25 bits per heavy atom. The predicted molar refractivity (Wildman–Crippen MR) is 46.9 cm³/mol. The molecule has 0 N–H and O–H groups in total. The van der Waals surface area contributed by atoms with E-state index in [1.807, 2.05) is 24.4 Å². The van der Waals surface area contributed by atoms with Crippen LogP contribution in [0.15, 0.2) is 35.2 Å². The van der Waals surface area contributed by atoms with Crippen molar-refractivity contribution in [3.05, 3.63) is 35.2 Å². The fourth-order valence-electron chi connectivity index (χ4n) is 0.845. The standard InChI is InChI=1S/C7H5BrN4/c8-6-3-5-12(11-6)7-2-1-4-9-10-7/h1-5H. The van der Waals surface area contributed by atoms with Crippen molar-refractivity contribution in [1.29, 1.82) is 0 Å². The number of halogens is 1. The molecule has 2 rings (SSSR count). The molecule has 0 aromatic carbocycles. The van der Waals surface area contributed by atoms with Crippen molar-refractivity contribution in [3.63, 3.8) is 0 Å². The number of aromatic nitrogens is 4. The highest BCUT2D eigenvalue weighted by atomic mass is 79.9. The van der Waals surface area contributed by atoms with E-state index < -0.39 is 0 Å². The zero-order chi connectivity index (χ0) is 8.39. The van der Waals surface area contributed by atoms with E-state index in [0.717, 1.165) is 4.60 Å². The molecule has 0 saturated heterocycles. The van der Waals surface area contributed by atoms with Crippen molar-refractivity contribution < 1.29 is 0 Å². The molecule has 0 atom stereocenters. The second kappa shape index (κ2) is 3.02. The average molecular weight is 225 g/mol. The summed E-state index contributed by atoms with van der Waals surface area (Å²) in [5.41, 5.74) is 0. The van der Waals surface area contributed by atoms with Gasteiger partial charge in [-0.05, 0) is 34.1 Å². The summed E-state index contributed by atoms with van der Waals surface area (Å²) < 4.78 is 2.44. The van der Waals surface area contributed by atoms with Gasteiger partial charge in [0.25, 0.3) is 0 Å². The first kappa shape index (κ1) is 7.42. The van der Waals surface area contributed by atoms with Crippen LogP contribution < -0.4 is 0 Å². The van der Waals surface area contributed by atoms with Gasteiger partial charge in [-0.2, -0.15) is 10.2 Å². The Morgan fingerprint density at radius 1 is 1.33 bits per heavy atom. The van der Waals surface area contributed by atoms with Gasteiger partial charge in [0.2, 0.25) is 0 Å². The highest BCUT2D eigenvalue weighted by molar-refractivity contribution is 9.10. The summed E-state index contributed by atoms with van der Waals surface area (Å²) in [5, 5.41) is 11.7. The van der Waals surface area contributed by atoms with E-state index in [1.54, 1.807) is 10.9 Å². The topological polar surface area (TPSA) is 43.6 Å². The molecule has 0 spiro atoms. The summed E-state index contributed by atoms with van der Waals surface area (Å²) >= 11 is 3.25. The molecule has 0 aliphatic heterocycles. The Labute approximate surface area is 77.4 Å². The molecule has 0 aliphatic carbocycles. The summed E-state index contributed by atoms with van der Waals surface area (Å²) in [7, 11) is 0. The molecule has 0 aliphatic rings. The zero-order valence-corrected chi connectivity index (χ0v) is 7.64.